The van der Waals surface area contributed by atoms with E-state index in [-0.39, 0.29) is 24.0 Å². The van der Waals surface area contributed by atoms with Crippen molar-refractivity contribution in [3.05, 3.63) is 58.3 Å². The van der Waals surface area contributed by atoms with Crippen molar-refractivity contribution in [3.8, 4) is 5.75 Å². The maximum Gasteiger partial charge on any atom is 0.310 e. The van der Waals surface area contributed by atoms with E-state index in [4.69, 9.17) is 4.74 Å². The van der Waals surface area contributed by atoms with Crippen molar-refractivity contribution in [2.45, 2.75) is 6.92 Å². The lowest BCUT2D eigenvalue weighted by Crippen LogP contribution is -2.51. The van der Waals surface area contributed by atoms with Crippen molar-refractivity contribution in [2.75, 3.05) is 37.7 Å². The van der Waals surface area contributed by atoms with Gasteiger partial charge in [0.1, 0.15) is 13.1 Å². The SMILES string of the molecule is Cc1ccc([N+](=O)[O-])c(OCC(=O)N2CCN(c3cccc[nH+]3)CC2)c1. The number of aryl methyl sites for hydroxylation is 1. The number of aromatic nitrogens is 1. The molecule has 1 amide bonds. The lowest BCUT2D eigenvalue weighted by Gasteiger charge is -2.30. The Morgan fingerprint density at radius 1 is 1.23 bits per heavy atom. The molecule has 1 fully saturated rings. The molecule has 1 aromatic carbocycles. The zero-order valence-electron chi connectivity index (χ0n) is 14.6. The van der Waals surface area contributed by atoms with Gasteiger partial charge in [0.05, 0.1) is 24.2 Å². The number of amides is 1. The third kappa shape index (κ3) is 4.08. The quantitative estimate of drug-likeness (QED) is 0.597. The summed E-state index contributed by atoms with van der Waals surface area (Å²) in [5.41, 5.74) is 0.707. The van der Waals surface area contributed by atoms with Gasteiger partial charge in [-0.3, -0.25) is 19.8 Å². The van der Waals surface area contributed by atoms with Crippen molar-refractivity contribution in [3.63, 3.8) is 0 Å². The fourth-order valence-corrected chi connectivity index (χ4v) is 2.90. The van der Waals surface area contributed by atoms with Gasteiger partial charge in [-0.25, -0.2) is 4.98 Å². The van der Waals surface area contributed by atoms with Gasteiger partial charge < -0.3 is 9.64 Å². The van der Waals surface area contributed by atoms with E-state index in [9.17, 15) is 14.9 Å². The minimum Gasteiger partial charge on any atom is -0.477 e. The molecule has 2 heterocycles. The highest BCUT2D eigenvalue weighted by molar-refractivity contribution is 5.78. The molecular formula is C18H21N4O4+. The van der Waals surface area contributed by atoms with Crippen LogP contribution in [0, 0.1) is 17.0 Å². The maximum atomic E-state index is 12.4. The van der Waals surface area contributed by atoms with Gasteiger partial charge in [-0.05, 0) is 24.6 Å². The molecule has 0 spiro atoms. The molecule has 0 bridgehead atoms. The Balaban J connectivity index is 1.55. The van der Waals surface area contributed by atoms with Crippen LogP contribution in [0.3, 0.4) is 0 Å². The molecule has 26 heavy (non-hydrogen) atoms. The number of pyridine rings is 1. The topological polar surface area (TPSA) is 90.1 Å². The Kier molecular flexibility index (Phi) is 5.31. The van der Waals surface area contributed by atoms with Gasteiger partial charge in [0.15, 0.2) is 12.4 Å². The molecule has 8 nitrogen and oxygen atoms in total. The molecule has 2 aromatic rings. The Morgan fingerprint density at radius 3 is 2.65 bits per heavy atom. The number of nitrogens with one attached hydrogen (secondary N) is 1. The number of nitrogens with zero attached hydrogens (tertiary/aromatic N) is 3. The lowest BCUT2D eigenvalue weighted by atomic mass is 10.2. The van der Waals surface area contributed by atoms with Crippen LogP contribution in [0.1, 0.15) is 5.56 Å². The fourth-order valence-electron chi connectivity index (χ4n) is 2.90. The highest BCUT2D eigenvalue weighted by Gasteiger charge is 2.26. The predicted molar refractivity (Wildman–Crippen MR) is 95.1 cm³/mol. The van der Waals surface area contributed by atoms with Crippen LogP contribution in [0.15, 0.2) is 42.6 Å². The third-order valence-corrected chi connectivity index (χ3v) is 4.33. The van der Waals surface area contributed by atoms with Crippen molar-refractivity contribution in [2.24, 2.45) is 0 Å². The Bertz CT molecular complexity index is 789. The Labute approximate surface area is 151 Å². The minimum atomic E-state index is -0.506. The van der Waals surface area contributed by atoms with Gasteiger partial charge in [-0.2, -0.15) is 0 Å². The van der Waals surface area contributed by atoms with E-state index < -0.39 is 4.92 Å². The number of hydrogen-bond acceptors (Lipinski definition) is 5. The van der Waals surface area contributed by atoms with Crippen LogP contribution in [0.2, 0.25) is 0 Å². The average Bonchev–Trinajstić information content (AvgIpc) is 2.66. The number of nitro groups is 1. The van der Waals surface area contributed by atoms with Crippen molar-refractivity contribution in [1.82, 2.24) is 4.90 Å². The normalized spacial score (nSPS) is 14.2. The lowest BCUT2D eigenvalue weighted by molar-refractivity contribution is -0.385. The number of carbonyl (C=O) groups excluding carboxylic acids is 1. The first-order chi connectivity index (χ1) is 12.5. The van der Waals surface area contributed by atoms with Gasteiger partial charge in [-0.15, -0.1) is 0 Å². The number of rotatable bonds is 5. The predicted octanol–water partition coefficient (Wildman–Crippen LogP) is 1.44. The van der Waals surface area contributed by atoms with Gasteiger partial charge >= 0.3 is 5.69 Å². The molecule has 1 aromatic heterocycles. The first kappa shape index (κ1) is 17.7. The molecule has 1 N–H and O–H groups in total. The fraction of sp³-hybridized carbons (Fsp3) is 0.333. The number of piperazine rings is 1. The summed E-state index contributed by atoms with van der Waals surface area (Å²) in [5, 5.41) is 11.1. The van der Waals surface area contributed by atoms with E-state index in [1.807, 2.05) is 31.3 Å². The molecule has 1 aliphatic heterocycles. The summed E-state index contributed by atoms with van der Waals surface area (Å²) in [4.78, 5) is 30.0. The molecule has 136 valence electrons. The molecule has 0 saturated carbocycles. The Morgan fingerprint density at radius 2 is 2.00 bits per heavy atom. The monoisotopic (exact) mass is 357 g/mol. The summed E-state index contributed by atoms with van der Waals surface area (Å²) >= 11 is 0. The van der Waals surface area contributed by atoms with Crippen LogP contribution in [-0.2, 0) is 4.79 Å². The number of hydrogen-bond donors (Lipinski definition) is 0. The first-order valence-electron chi connectivity index (χ1n) is 8.42. The summed E-state index contributed by atoms with van der Waals surface area (Å²) in [6, 6.07) is 10.5. The van der Waals surface area contributed by atoms with Crippen molar-refractivity contribution >= 4 is 17.4 Å². The van der Waals surface area contributed by atoms with Gasteiger partial charge in [-0.1, -0.05) is 12.1 Å². The third-order valence-electron chi connectivity index (χ3n) is 4.33. The molecular weight excluding hydrogens is 336 g/mol. The number of anilines is 1. The summed E-state index contributed by atoms with van der Waals surface area (Å²) in [5.74, 6) is 0.976. The zero-order chi connectivity index (χ0) is 18.5. The standard InChI is InChI=1S/C18H20N4O4/c1-14-5-6-15(22(24)25)16(12-14)26-13-18(23)21-10-8-20(9-11-21)17-4-2-3-7-19-17/h2-7,12H,8-11,13H2,1H3/p+1. The molecule has 1 saturated heterocycles. The average molecular weight is 357 g/mol. The zero-order valence-corrected chi connectivity index (χ0v) is 14.6. The van der Waals surface area contributed by atoms with Crippen molar-refractivity contribution in [1.29, 1.82) is 0 Å². The molecule has 0 radical (unpaired) electrons. The summed E-state index contributed by atoms with van der Waals surface area (Å²) in [7, 11) is 0. The van der Waals surface area contributed by atoms with Gasteiger partial charge in [0.2, 0.25) is 0 Å². The second-order valence-electron chi connectivity index (χ2n) is 6.13. The Hall–Kier alpha value is -3.16. The van der Waals surface area contributed by atoms with Crippen LogP contribution >= 0.6 is 0 Å². The molecule has 8 heteroatoms. The van der Waals surface area contributed by atoms with E-state index in [1.165, 1.54) is 6.07 Å². The number of ether oxygens (including phenoxy) is 1. The summed E-state index contributed by atoms with van der Waals surface area (Å²) < 4.78 is 5.45. The van der Waals surface area contributed by atoms with Crippen LogP contribution in [0.4, 0.5) is 11.5 Å². The van der Waals surface area contributed by atoms with E-state index >= 15 is 0 Å². The first-order valence-corrected chi connectivity index (χ1v) is 8.42. The summed E-state index contributed by atoms with van der Waals surface area (Å²) in [6.45, 7) is 4.22. The van der Waals surface area contributed by atoms with Crippen LogP contribution < -0.4 is 14.6 Å². The smallest absolute Gasteiger partial charge is 0.310 e. The molecule has 0 atom stereocenters. The minimum absolute atomic E-state index is 0.126. The van der Waals surface area contributed by atoms with E-state index in [1.54, 1.807) is 17.0 Å². The van der Waals surface area contributed by atoms with Gasteiger partial charge in [0, 0.05) is 12.1 Å². The summed E-state index contributed by atoms with van der Waals surface area (Å²) in [6.07, 6.45) is 1.87. The van der Waals surface area contributed by atoms with Crippen LogP contribution in [0.5, 0.6) is 5.75 Å². The molecule has 1 aliphatic rings. The number of aromatic amines is 1. The second-order valence-corrected chi connectivity index (χ2v) is 6.13. The van der Waals surface area contributed by atoms with E-state index in [0.717, 1.165) is 24.5 Å². The highest BCUT2D eigenvalue weighted by atomic mass is 16.6. The van der Waals surface area contributed by atoms with Crippen LogP contribution in [-0.4, -0.2) is 48.5 Å². The van der Waals surface area contributed by atoms with E-state index in [2.05, 4.69) is 9.88 Å². The van der Waals surface area contributed by atoms with Gasteiger partial charge in [0.25, 0.3) is 11.7 Å². The number of nitro benzene ring substituents is 1. The molecule has 0 aliphatic carbocycles. The van der Waals surface area contributed by atoms with E-state index in [0.29, 0.717) is 13.1 Å². The highest BCUT2D eigenvalue weighted by Crippen LogP contribution is 2.27. The molecule has 3 rings (SSSR count). The largest absolute Gasteiger partial charge is 0.477 e. The molecule has 0 unspecified atom stereocenters. The number of benzene rings is 1. The maximum absolute atomic E-state index is 12.4. The number of H-pyrrole nitrogens is 1. The second kappa shape index (κ2) is 7.81. The number of carbonyl (C=O) groups is 1. The van der Waals surface area contributed by atoms with Crippen LogP contribution in [0.25, 0.3) is 0 Å². The van der Waals surface area contributed by atoms with Crippen molar-refractivity contribution < 1.29 is 19.4 Å².